The summed E-state index contributed by atoms with van der Waals surface area (Å²) in [6.07, 6.45) is 1.25. The zero-order chi connectivity index (χ0) is 19.3. The molecule has 0 unspecified atom stereocenters. The van der Waals surface area contributed by atoms with Crippen molar-refractivity contribution in [2.75, 3.05) is 12.9 Å². The molecule has 0 radical (unpaired) electrons. The number of β-lactam (4-membered cyclic amide) rings is 1. The second-order valence-electron chi connectivity index (χ2n) is 5.98. The Morgan fingerprint density at radius 1 is 1.22 bits per heavy atom. The van der Waals surface area contributed by atoms with Crippen LogP contribution in [-0.4, -0.2) is 69.1 Å². The molecule has 0 bridgehead atoms. The zero-order valence-corrected chi connectivity index (χ0v) is 14.8. The molecule has 0 aliphatic carbocycles. The first-order valence-electron chi connectivity index (χ1n) is 7.92. The third-order valence-corrected chi connectivity index (χ3v) is 5.88. The summed E-state index contributed by atoms with van der Waals surface area (Å²) >= 11 is 1.27. The van der Waals surface area contributed by atoms with Gasteiger partial charge in [-0.25, -0.2) is 4.79 Å². The van der Waals surface area contributed by atoms with E-state index in [2.05, 4.69) is 9.99 Å². The number of hydrogen-bond acceptors (Lipinski definition) is 7. The summed E-state index contributed by atoms with van der Waals surface area (Å²) in [4.78, 5) is 56.3. The number of thioether (sulfide) groups is 1. The first-order chi connectivity index (χ1) is 13.0. The van der Waals surface area contributed by atoms with Gasteiger partial charge in [-0.15, -0.1) is 11.8 Å². The number of nitrogens with zero attached hydrogens (tertiary/aromatic N) is 3. The topological polar surface area (TPSA) is 117 Å². The fraction of sp³-hybridized carbons (Fsp3) is 0.235. The maximum atomic E-state index is 12.8. The van der Waals surface area contributed by atoms with Crippen LogP contribution in [0, 0.1) is 0 Å². The van der Waals surface area contributed by atoms with Crippen molar-refractivity contribution in [3.05, 3.63) is 46.7 Å². The van der Waals surface area contributed by atoms with Gasteiger partial charge >= 0.3 is 5.97 Å². The van der Waals surface area contributed by atoms with E-state index in [0.29, 0.717) is 5.57 Å². The fourth-order valence-electron chi connectivity index (χ4n) is 3.40. The Morgan fingerprint density at radius 3 is 2.41 bits per heavy atom. The molecule has 3 amide bonds. The van der Waals surface area contributed by atoms with E-state index in [1.54, 1.807) is 12.1 Å². The highest BCUT2D eigenvalue weighted by Crippen LogP contribution is 2.43. The largest absolute Gasteiger partial charge is 0.477 e. The normalized spacial score (nSPS) is 24.3. The minimum atomic E-state index is -1.29. The highest BCUT2D eigenvalue weighted by Gasteiger charge is 2.59. The number of amides is 3. The molecule has 10 heteroatoms. The summed E-state index contributed by atoms with van der Waals surface area (Å²) in [6, 6.07) is 5.32. The average Bonchev–Trinajstić information content (AvgIpc) is 2.91. The highest BCUT2D eigenvalue weighted by atomic mass is 32.2. The number of carbonyl (C=O) groups excluding carboxylic acids is 3. The van der Waals surface area contributed by atoms with Gasteiger partial charge in [-0.1, -0.05) is 17.3 Å². The lowest BCUT2D eigenvalue weighted by atomic mass is 10.0. The van der Waals surface area contributed by atoms with E-state index in [-0.39, 0.29) is 22.6 Å². The van der Waals surface area contributed by atoms with E-state index < -0.39 is 35.1 Å². The molecule has 3 aliphatic heterocycles. The predicted molar refractivity (Wildman–Crippen MR) is 94.0 cm³/mol. The number of aliphatic carboxylic acids is 1. The Hall–Kier alpha value is -3.14. The second kappa shape index (κ2) is 6.23. The maximum absolute atomic E-state index is 12.8. The SMILES string of the molecule is CON=CC1=C(C(=O)O)N2C(=O)[C@@H](N3C(=O)c4ccccc4C3=O)[C@H]2SC1. The molecule has 138 valence electrons. The summed E-state index contributed by atoms with van der Waals surface area (Å²) in [5, 5.41) is 12.5. The van der Waals surface area contributed by atoms with Gasteiger partial charge in [-0.3, -0.25) is 24.2 Å². The number of fused-ring (bicyclic) bond motifs is 2. The Morgan fingerprint density at radius 2 is 1.85 bits per heavy atom. The van der Waals surface area contributed by atoms with Gasteiger partial charge < -0.3 is 9.94 Å². The highest BCUT2D eigenvalue weighted by molar-refractivity contribution is 8.00. The Labute approximate surface area is 157 Å². The van der Waals surface area contributed by atoms with Gasteiger partial charge in [0.2, 0.25) is 0 Å². The number of carboxylic acid groups (broad SMARTS) is 1. The van der Waals surface area contributed by atoms with E-state index in [1.807, 2.05) is 0 Å². The molecule has 3 heterocycles. The standard InChI is InChI=1S/C17H13N3O6S/c1-26-18-6-8-7-27-16-12(15(23)20(16)11(8)17(24)25)19-13(21)9-4-2-3-5-10(9)14(19)22/h2-6,12,16H,7H2,1H3,(H,24,25)/t12-,16-/m1/s1. The Bertz CT molecular complexity index is 921. The van der Waals surface area contributed by atoms with Crippen LogP contribution >= 0.6 is 11.8 Å². The molecule has 2 atom stereocenters. The Balaban J connectivity index is 1.68. The second-order valence-corrected chi connectivity index (χ2v) is 7.08. The quantitative estimate of drug-likeness (QED) is 0.347. The number of oxime groups is 1. The van der Waals surface area contributed by atoms with Gasteiger partial charge in [-0.2, -0.15) is 0 Å². The maximum Gasteiger partial charge on any atom is 0.353 e. The number of imide groups is 1. The average molecular weight is 387 g/mol. The molecule has 1 saturated heterocycles. The molecule has 1 N–H and O–H groups in total. The van der Waals surface area contributed by atoms with Crippen LogP contribution in [0.1, 0.15) is 20.7 Å². The van der Waals surface area contributed by atoms with E-state index in [0.717, 1.165) is 9.80 Å². The Kier molecular flexibility index (Phi) is 3.99. The summed E-state index contributed by atoms with van der Waals surface area (Å²) in [7, 11) is 1.32. The number of carboxylic acids is 1. The molecule has 27 heavy (non-hydrogen) atoms. The van der Waals surface area contributed by atoms with Crippen LogP contribution in [0.25, 0.3) is 0 Å². The van der Waals surface area contributed by atoms with Gasteiger partial charge in [0.25, 0.3) is 17.7 Å². The monoisotopic (exact) mass is 387 g/mol. The lowest BCUT2D eigenvalue weighted by Crippen LogP contribution is -2.71. The zero-order valence-electron chi connectivity index (χ0n) is 14.0. The molecule has 4 rings (SSSR count). The molecular formula is C17H13N3O6S. The lowest BCUT2D eigenvalue weighted by Gasteiger charge is -2.51. The minimum Gasteiger partial charge on any atom is -0.477 e. The predicted octanol–water partition coefficient (Wildman–Crippen LogP) is 0.537. The van der Waals surface area contributed by atoms with Crippen LogP contribution in [0.4, 0.5) is 0 Å². The summed E-state index contributed by atoms with van der Waals surface area (Å²) in [5.41, 5.74) is 0.602. The van der Waals surface area contributed by atoms with Gasteiger partial charge in [0.05, 0.1) is 17.3 Å². The van der Waals surface area contributed by atoms with Crippen LogP contribution < -0.4 is 0 Å². The number of hydrogen-bond donors (Lipinski definition) is 1. The smallest absolute Gasteiger partial charge is 0.353 e. The fourth-order valence-corrected chi connectivity index (χ4v) is 4.74. The molecule has 0 saturated carbocycles. The van der Waals surface area contributed by atoms with Crippen molar-refractivity contribution in [2.24, 2.45) is 5.16 Å². The minimum absolute atomic E-state index is 0.211. The molecule has 3 aliphatic rings. The van der Waals surface area contributed by atoms with Crippen LogP contribution in [-0.2, 0) is 14.4 Å². The third kappa shape index (κ3) is 2.36. The first-order valence-corrected chi connectivity index (χ1v) is 8.96. The van der Waals surface area contributed by atoms with Crippen LogP contribution in [0.5, 0.6) is 0 Å². The van der Waals surface area contributed by atoms with Crippen molar-refractivity contribution in [1.29, 1.82) is 0 Å². The molecule has 0 spiro atoms. The van der Waals surface area contributed by atoms with Gasteiger partial charge in [-0.05, 0) is 12.1 Å². The van der Waals surface area contributed by atoms with Crippen molar-refractivity contribution in [2.45, 2.75) is 11.4 Å². The molecule has 0 aromatic heterocycles. The molecular weight excluding hydrogens is 374 g/mol. The number of carbonyl (C=O) groups is 4. The van der Waals surface area contributed by atoms with Gasteiger partial charge in [0.1, 0.15) is 24.2 Å². The van der Waals surface area contributed by atoms with Crippen molar-refractivity contribution < 1.29 is 29.1 Å². The van der Waals surface area contributed by atoms with Crippen molar-refractivity contribution in [3.63, 3.8) is 0 Å². The lowest BCUT2D eigenvalue weighted by molar-refractivity contribution is -0.151. The van der Waals surface area contributed by atoms with Gasteiger partial charge in [0, 0.05) is 11.3 Å². The summed E-state index contributed by atoms with van der Waals surface area (Å²) in [6.45, 7) is 0. The van der Waals surface area contributed by atoms with Crippen LogP contribution in [0.3, 0.4) is 0 Å². The van der Waals surface area contributed by atoms with E-state index in [1.165, 1.54) is 37.2 Å². The van der Waals surface area contributed by atoms with E-state index in [9.17, 15) is 24.3 Å². The van der Waals surface area contributed by atoms with Crippen molar-refractivity contribution in [3.8, 4) is 0 Å². The molecule has 9 nitrogen and oxygen atoms in total. The number of rotatable bonds is 4. The summed E-state index contributed by atoms with van der Waals surface area (Å²) < 4.78 is 0. The third-order valence-electron chi connectivity index (χ3n) is 4.59. The first kappa shape index (κ1) is 17.3. The number of benzene rings is 1. The molecule has 1 fully saturated rings. The molecule has 1 aromatic rings. The van der Waals surface area contributed by atoms with Crippen LogP contribution in [0.2, 0.25) is 0 Å². The van der Waals surface area contributed by atoms with Crippen molar-refractivity contribution in [1.82, 2.24) is 9.80 Å². The summed E-state index contributed by atoms with van der Waals surface area (Å²) in [5.74, 6) is -2.72. The van der Waals surface area contributed by atoms with E-state index >= 15 is 0 Å². The van der Waals surface area contributed by atoms with Crippen molar-refractivity contribution >= 4 is 41.7 Å². The molecule has 1 aromatic carbocycles. The van der Waals surface area contributed by atoms with Gasteiger partial charge in [0.15, 0.2) is 0 Å². The van der Waals surface area contributed by atoms with E-state index in [4.69, 9.17) is 0 Å². The van der Waals surface area contributed by atoms with Crippen LogP contribution in [0.15, 0.2) is 40.7 Å².